The fraction of sp³-hybridized carbons (Fsp3) is 0.357. The molecule has 2 heterocycles. The molecule has 0 saturated carbocycles. The quantitative estimate of drug-likeness (QED) is 0.422. The van der Waals surface area contributed by atoms with Gasteiger partial charge in [0.25, 0.3) is 5.91 Å². The standard InChI is InChI=1S/C28H32FN3O5/c1-3-36-28(34)32-15-13-31(14-16-32)27(33)26-12-11-25(37-26)20-30(19-22-5-4-6-23(29)17-22)18-21-7-9-24(35-2)10-8-21/h4-12,17H,3,13-16,18-20H2,1-2H3. The molecule has 1 fully saturated rings. The highest BCUT2D eigenvalue weighted by Gasteiger charge is 2.27. The molecule has 1 aromatic heterocycles. The van der Waals surface area contributed by atoms with Crippen molar-refractivity contribution in [2.45, 2.75) is 26.6 Å². The van der Waals surface area contributed by atoms with Crippen LogP contribution in [-0.2, 0) is 24.4 Å². The van der Waals surface area contributed by atoms with Crippen LogP contribution in [-0.4, -0.2) is 66.6 Å². The second-order valence-electron chi connectivity index (χ2n) is 8.87. The van der Waals surface area contributed by atoms with Gasteiger partial charge in [0.05, 0.1) is 20.3 Å². The number of ether oxygens (including phenoxy) is 2. The van der Waals surface area contributed by atoms with Crippen LogP contribution in [0.1, 0.15) is 34.4 Å². The van der Waals surface area contributed by atoms with Gasteiger partial charge in [0.2, 0.25) is 0 Å². The number of carbonyl (C=O) groups is 2. The van der Waals surface area contributed by atoms with Crippen LogP contribution in [0.4, 0.5) is 9.18 Å². The Morgan fingerprint density at radius 1 is 0.919 bits per heavy atom. The molecular weight excluding hydrogens is 477 g/mol. The van der Waals surface area contributed by atoms with E-state index in [9.17, 15) is 14.0 Å². The Morgan fingerprint density at radius 3 is 2.30 bits per heavy atom. The maximum Gasteiger partial charge on any atom is 0.409 e. The van der Waals surface area contributed by atoms with Gasteiger partial charge < -0.3 is 23.7 Å². The first-order chi connectivity index (χ1) is 17.9. The van der Waals surface area contributed by atoms with E-state index in [0.717, 1.165) is 16.9 Å². The summed E-state index contributed by atoms with van der Waals surface area (Å²) < 4.78 is 30.0. The minimum Gasteiger partial charge on any atom is -0.497 e. The molecule has 9 heteroatoms. The zero-order valence-corrected chi connectivity index (χ0v) is 21.2. The van der Waals surface area contributed by atoms with Gasteiger partial charge in [-0.25, -0.2) is 9.18 Å². The van der Waals surface area contributed by atoms with Crippen molar-refractivity contribution in [1.82, 2.24) is 14.7 Å². The molecule has 0 unspecified atom stereocenters. The van der Waals surface area contributed by atoms with Gasteiger partial charge in [0.1, 0.15) is 17.3 Å². The van der Waals surface area contributed by atoms with Crippen molar-refractivity contribution in [3.05, 3.63) is 89.1 Å². The SMILES string of the molecule is CCOC(=O)N1CCN(C(=O)c2ccc(CN(Cc3ccc(OC)cc3)Cc3cccc(F)c3)o2)CC1. The van der Waals surface area contributed by atoms with Crippen molar-refractivity contribution in [2.24, 2.45) is 0 Å². The molecular formula is C28H32FN3O5. The molecule has 1 saturated heterocycles. The zero-order valence-electron chi connectivity index (χ0n) is 21.2. The van der Waals surface area contributed by atoms with Crippen LogP contribution in [0.5, 0.6) is 5.75 Å². The van der Waals surface area contributed by atoms with E-state index in [2.05, 4.69) is 4.90 Å². The van der Waals surface area contributed by atoms with Gasteiger partial charge >= 0.3 is 6.09 Å². The largest absolute Gasteiger partial charge is 0.497 e. The van der Waals surface area contributed by atoms with Crippen LogP contribution in [0.2, 0.25) is 0 Å². The first-order valence-corrected chi connectivity index (χ1v) is 12.3. The van der Waals surface area contributed by atoms with Crippen LogP contribution in [0, 0.1) is 5.82 Å². The summed E-state index contributed by atoms with van der Waals surface area (Å²) in [6.07, 6.45) is -0.356. The highest BCUT2D eigenvalue weighted by Crippen LogP contribution is 2.20. The Hall–Kier alpha value is -3.85. The summed E-state index contributed by atoms with van der Waals surface area (Å²) >= 11 is 0. The topological polar surface area (TPSA) is 75.5 Å². The number of nitrogens with zero attached hydrogens (tertiary/aromatic N) is 3. The van der Waals surface area contributed by atoms with E-state index in [1.807, 2.05) is 30.3 Å². The molecule has 1 aliphatic rings. The number of furan rings is 1. The Kier molecular flexibility index (Phi) is 8.79. The molecule has 0 atom stereocenters. The number of rotatable bonds is 9. The Labute approximate surface area is 216 Å². The Balaban J connectivity index is 1.42. The molecule has 8 nitrogen and oxygen atoms in total. The lowest BCUT2D eigenvalue weighted by atomic mass is 10.1. The maximum atomic E-state index is 13.8. The molecule has 2 aromatic carbocycles. The molecule has 196 valence electrons. The van der Waals surface area contributed by atoms with Crippen molar-refractivity contribution in [3.8, 4) is 5.75 Å². The summed E-state index contributed by atoms with van der Waals surface area (Å²) in [5, 5.41) is 0. The van der Waals surface area contributed by atoms with Gasteiger partial charge in [-0.1, -0.05) is 24.3 Å². The van der Waals surface area contributed by atoms with Crippen LogP contribution in [0.25, 0.3) is 0 Å². The molecule has 4 rings (SSSR count). The molecule has 0 N–H and O–H groups in total. The van der Waals surface area contributed by atoms with Crippen LogP contribution < -0.4 is 4.74 Å². The number of amides is 2. The van der Waals surface area contributed by atoms with E-state index < -0.39 is 0 Å². The number of carbonyl (C=O) groups excluding carboxylic acids is 2. The van der Waals surface area contributed by atoms with Crippen molar-refractivity contribution >= 4 is 12.0 Å². The van der Waals surface area contributed by atoms with Crippen LogP contribution in [0.3, 0.4) is 0 Å². The lowest BCUT2D eigenvalue weighted by Crippen LogP contribution is -2.50. The van der Waals surface area contributed by atoms with E-state index in [0.29, 0.717) is 58.2 Å². The van der Waals surface area contributed by atoms with Gasteiger partial charge in [-0.3, -0.25) is 9.69 Å². The third kappa shape index (κ3) is 7.10. The predicted octanol–water partition coefficient (Wildman–Crippen LogP) is 4.54. The van der Waals surface area contributed by atoms with Crippen LogP contribution >= 0.6 is 0 Å². The van der Waals surface area contributed by atoms with Gasteiger partial charge in [-0.15, -0.1) is 0 Å². The average molecular weight is 510 g/mol. The first-order valence-electron chi connectivity index (χ1n) is 12.3. The van der Waals surface area contributed by atoms with E-state index in [1.54, 1.807) is 42.0 Å². The predicted molar refractivity (Wildman–Crippen MR) is 136 cm³/mol. The van der Waals surface area contributed by atoms with Gasteiger partial charge in [0, 0.05) is 39.3 Å². The molecule has 3 aromatic rings. The number of halogens is 1. The van der Waals surface area contributed by atoms with Crippen molar-refractivity contribution in [2.75, 3.05) is 39.9 Å². The smallest absolute Gasteiger partial charge is 0.409 e. The van der Waals surface area contributed by atoms with E-state index in [1.165, 1.54) is 12.1 Å². The monoisotopic (exact) mass is 509 g/mol. The van der Waals surface area contributed by atoms with Crippen LogP contribution in [0.15, 0.2) is 65.1 Å². The normalized spacial score (nSPS) is 13.6. The number of piperazine rings is 1. The van der Waals surface area contributed by atoms with Crippen molar-refractivity contribution < 1.29 is 27.9 Å². The number of benzene rings is 2. The van der Waals surface area contributed by atoms with E-state index in [-0.39, 0.29) is 23.6 Å². The summed E-state index contributed by atoms with van der Waals surface area (Å²) in [4.78, 5) is 30.3. The summed E-state index contributed by atoms with van der Waals surface area (Å²) in [7, 11) is 1.63. The number of hydrogen-bond acceptors (Lipinski definition) is 6. The fourth-order valence-corrected chi connectivity index (χ4v) is 4.31. The maximum absolute atomic E-state index is 13.8. The Morgan fingerprint density at radius 2 is 1.62 bits per heavy atom. The highest BCUT2D eigenvalue weighted by molar-refractivity contribution is 5.91. The molecule has 37 heavy (non-hydrogen) atoms. The minimum atomic E-state index is -0.356. The summed E-state index contributed by atoms with van der Waals surface area (Å²) in [6, 6.07) is 17.8. The van der Waals surface area contributed by atoms with Crippen molar-refractivity contribution in [1.29, 1.82) is 0 Å². The number of hydrogen-bond donors (Lipinski definition) is 0. The Bertz CT molecular complexity index is 1190. The van der Waals surface area contributed by atoms with E-state index in [4.69, 9.17) is 13.9 Å². The summed E-state index contributed by atoms with van der Waals surface area (Å²) in [6.45, 7) is 5.29. The zero-order chi connectivity index (χ0) is 26.2. The van der Waals surface area contributed by atoms with Gasteiger partial charge in [-0.05, 0) is 54.4 Å². The van der Waals surface area contributed by atoms with E-state index >= 15 is 0 Å². The minimum absolute atomic E-state index is 0.207. The molecule has 0 aliphatic carbocycles. The van der Waals surface area contributed by atoms with Crippen molar-refractivity contribution in [3.63, 3.8) is 0 Å². The lowest BCUT2D eigenvalue weighted by molar-refractivity contribution is 0.0543. The average Bonchev–Trinajstić information content (AvgIpc) is 3.37. The molecule has 1 aliphatic heterocycles. The molecule has 0 bridgehead atoms. The highest BCUT2D eigenvalue weighted by atomic mass is 19.1. The summed E-state index contributed by atoms with van der Waals surface area (Å²) in [5.41, 5.74) is 1.91. The summed E-state index contributed by atoms with van der Waals surface area (Å²) in [5.74, 6) is 1.18. The number of methoxy groups -OCH3 is 1. The third-order valence-corrected chi connectivity index (χ3v) is 6.21. The lowest BCUT2D eigenvalue weighted by Gasteiger charge is -2.33. The second-order valence-corrected chi connectivity index (χ2v) is 8.87. The third-order valence-electron chi connectivity index (χ3n) is 6.21. The molecule has 0 radical (unpaired) electrons. The van der Waals surface area contributed by atoms with Gasteiger partial charge in [-0.2, -0.15) is 0 Å². The molecule has 0 spiro atoms. The molecule has 2 amide bonds. The first kappa shape index (κ1) is 26.2. The van der Waals surface area contributed by atoms with Gasteiger partial charge in [0.15, 0.2) is 5.76 Å². The second kappa shape index (κ2) is 12.4. The fourth-order valence-electron chi connectivity index (χ4n) is 4.31.